The van der Waals surface area contributed by atoms with Gasteiger partial charge in [-0.3, -0.25) is 0 Å². The molecule has 6 aromatic rings. The highest BCUT2D eigenvalue weighted by Crippen LogP contribution is 2.20. The summed E-state index contributed by atoms with van der Waals surface area (Å²) in [4.78, 5) is 4.27. The molecule has 6 rings (SSSR count). The molecule has 2 nitrogen and oxygen atoms in total. The van der Waals surface area contributed by atoms with Crippen LogP contribution in [0.4, 0.5) is 0 Å². The van der Waals surface area contributed by atoms with E-state index in [0.717, 1.165) is 17.3 Å². The molecule has 0 aliphatic carbocycles. The molecule has 1 aromatic heterocycles. The molecule has 0 saturated heterocycles. The zero-order chi connectivity index (χ0) is 26.8. The molecule has 0 atom stereocenters. The summed E-state index contributed by atoms with van der Waals surface area (Å²) >= 11 is 0. The SMILES string of the molecule is [B]C(c1ccccc1)c1ccccc1.c1ccc([Si](Cn2ccnc2)(c2ccccc2)c2ccccc2)cc1. The van der Waals surface area contributed by atoms with E-state index in [1.165, 1.54) is 15.6 Å². The Hall–Kier alpha value is -4.41. The molecule has 1 heterocycles. The van der Waals surface area contributed by atoms with Crippen molar-refractivity contribution in [3.63, 3.8) is 0 Å². The average Bonchev–Trinajstić information content (AvgIpc) is 3.55. The number of rotatable bonds is 7. The van der Waals surface area contributed by atoms with Gasteiger partial charge in [-0.25, -0.2) is 4.98 Å². The molecular weight excluding hydrogens is 487 g/mol. The second-order valence-corrected chi connectivity index (χ2v) is 13.4. The Labute approximate surface area is 234 Å². The number of imidazole rings is 1. The molecule has 0 amide bonds. The van der Waals surface area contributed by atoms with Gasteiger partial charge < -0.3 is 4.57 Å². The second-order valence-electron chi connectivity index (χ2n) is 9.54. The number of benzene rings is 5. The molecule has 0 unspecified atom stereocenters. The van der Waals surface area contributed by atoms with E-state index in [0.29, 0.717) is 0 Å². The lowest BCUT2D eigenvalue weighted by Gasteiger charge is -2.34. The minimum atomic E-state index is -2.21. The summed E-state index contributed by atoms with van der Waals surface area (Å²) in [5.41, 5.74) is 2.30. The van der Waals surface area contributed by atoms with Gasteiger partial charge in [0.2, 0.25) is 0 Å². The zero-order valence-electron chi connectivity index (χ0n) is 21.9. The fourth-order valence-corrected chi connectivity index (χ4v) is 9.68. The molecule has 39 heavy (non-hydrogen) atoms. The highest BCUT2D eigenvalue weighted by molar-refractivity contribution is 7.10. The summed E-state index contributed by atoms with van der Waals surface area (Å²) in [5.74, 6) is -0.0163. The van der Waals surface area contributed by atoms with Gasteiger partial charge in [0, 0.05) is 18.6 Å². The van der Waals surface area contributed by atoms with Crippen molar-refractivity contribution >= 4 is 31.5 Å². The molecule has 4 heteroatoms. The van der Waals surface area contributed by atoms with Gasteiger partial charge >= 0.3 is 0 Å². The molecule has 0 N–H and O–H groups in total. The molecule has 0 fully saturated rings. The standard InChI is InChI=1S/C22H20N2Si.C13H11B/c1-4-10-20(11-5-1)25(19-24-17-16-23-18-24,21-12-6-2-7-13-21)22-14-8-3-9-15-22;14-13(11-7-3-1-4-8-11)12-9-5-2-6-10-12/h1-18H,19H2;1-10,13H. The largest absolute Gasteiger partial charge is 0.339 e. The molecule has 0 aliphatic rings. The van der Waals surface area contributed by atoms with E-state index in [9.17, 15) is 0 Å². The van der Waals surface area contributed by atoms with Crippen LogP contribution in [0.5, 0.6) is 0 Å². The Morgan fingerprint density at radius 1 is 0.538 bits per heavy atom. The fraction of sp³-hybridized carbons (Fsp3) is 0.0571. The van der Waals surface area contributed by atoms with Crippen LogP contribution in [0.2, 0.25) is 0 Å². The molecule has 2 radical (unpaired) electrons. The van der Waals surface area contributed by atoms with Crippen molar-refractivity contribution < 1.29 is 0 Å². The molecular formula is C35H31BN2Si. The van der Waals surface area contributed by atoms with Crippen molar-refractivity contribution in [1.29, 1.82) is 0 Å². The van der Waals surface area contributed by atoms with Crippen LogP contribution in [0.15, 0.2) is 170 Å². The van der Waals surface area contributed by atoms with E-state index in [2.05, 4.69) is 131 Å². The molecule has 0 bridgehead atoms. The first-order valence-corrected chi connectivity index (χ1v) is 15.5. The molecule has 188 valence electrons. The predicted octanol–water partition coefficient (Wildman–Crippen LogP) is 5.54. The smallest absolute Gasteiger partial charge is 0.168 e. The van der Waals surface area contributed by atoms with Crippen molar-refractivity contribution in [2.45, 2.75) is 12.0 Å². The summed E-state index contributed by atoms with van der Waals surface area (Å²) in [6.45, 7) is 0. The van der Waals surface area contributed by atoms with E-state index in [1.807, 2.05) is 48.9 Å². The Kier molecular flexibility index (Phi) is 8.67. The Balaban J connectivity index is 0.000000186. The Morgan fingerprint density at radius 3 is 1.23 bits per heavy atom. The van der Waals surface area contributed by atoms with Crippen molar-refractivity contribution in [3.8, 4) is 0 Å². The lowest BCUT2D eigenvalue weighted by Crippen LogP contribution is -2.69. The van der Waals surface area contributed by atoms with Gasteiger partial charge in [0.05, 0.1) is 14.2 Å². The minimum absolute atomic E-state index is 0.0163. The Bertz CT molecular complexity index is 1370. The summed E-state index contributed by atoms with van der Waals surface area (Å²) in [6, 6.07) is 53.1. The van der Waals surface area contributed by atoms with E-state index in [-0.39, 0.29) is 5.82 Å². The van der Waals surface area contributed by atoms with Crippen LogP contribution in [0.3, 0.4) is 0 Å². The maximum Gasteiger partial charge on any atom is 0.168 e. The minimum Gasteiger partial charge on any atom is -0.339 e. The Morgan fingerprint density at radius 2 is 0.897 bits per heavy atom. The maximum atomic E-state index is 6.12. The first-order valence-electron chi connectivity index (χ1n) is 13.3. The number of aromatic nitrogens is 2. The maximum absolute atomic E-state index is 6.12. The molecule has 0 spiro atoms. The number of hydrogen-bond acceptors (Lipinski definition) is 1. The van der Waals surface area contributed by atoms with Crippen LogP contribution in [0.1, 0.15) is 16.9 Å². The predicted molar refractivity (Wildman–Crippen MR) is 167 cm³/mol. The first-order chi connectivity index (χ1) is 19.3. The molecule has 5 aromatic carbocycles. The van der Waals surface area contributed by atoms with Gasteiger partial charge in [0.15, 0.2) is 8.07 Å². The van der Waals surface area contributed by atoms with Crippen molar-refractivity contribution in [2.75, 3.05) is 0 Å². The van der Waals surface area contributed by atoms with Crippen molar-refractivity contribution in [3.05, 3.63) is 182 Å². The van der Waals surface area contributed by atoms with Gasteiger partial charge in [0.1, 0.15) is 0 Å². The van der Waals surface area contributed by atoms with Gasteiger partial charge in [-0.2, -0.15) is 0 Å². The topological polar surface area (TPSA) is 17.8 Å². The van der Waals surface area contributed by atoms with E-state index >= 15 is 0 Å². The van der Waals surface area contributed by atoms with Crippen LogP contribution in [0.25, 0.3) is 0 Å². The first kappa shape index (κ1) is 26.2. The van der Waals surface area contributed by atoms with Gasteiger partial charge in [0.25, 0.3) is 0 Å². The normalized spacial score (nSPS) is 11.0. The van der Waals surface area contributed by atoms with Crippen LogP contribution < -0.4 is 15.6 Å². The lowest BCUT2D eigenvalue weighted by molar-refractivity contribution is 0.862. The third-order valence-corrected chi connectivity index (χ3v) is 11.9. The summed E-state index contributed by atoms with van der Waals surface area (Å²) in [5, 5.41) is 4.25. The average molecular weight is 519 g/mol. The third kappa shape index (κ3) is 6.19. The monoisotopic (exact) mass is 518 g/mol. The summed E-state index contributed by atoms with van der Waals surface area (Å²) < 4.78 is 2.22. The van der Waals surface area contributed by atoms with Gasteiger partial charge in [-0.05, 0) is 32.5 Å². The number of nitrogens with zero attached hydrogens (tertiary/aromatic N) is 2. The highest BCUT2D eigenvalue weighted by atomic mass is 28.3. The van der Waals surface area contributed by atoms with E-state index in [1.54, 1.807) is 0 Å². The van der Waals surface area contributed by atoms with Gasteiger partial charge in [-0.15, -0.1) is 0 Å². The fourth-order valence-electron chi connectivity index (χ4n) is 5.11. The van der Waals surface area contributed by atoms with Crippen LogP contribution >= 0.6 is 0 Å². The molecule has 0 aliphatic heterocycles. The van der Waals surface area contributed by atoms with E-state index < -0.39 is 8.07 Å². The molecule has 0 saturated carbocycles. The van der Waals surface area contributed by atoms with Crippen LogP contribution in [0, 0.1) is 0 Å². The second kappa shape index (κ2) is 12.9. The quantitative estimate of drug-likeness (QED) is 0.201. The third-order valence-electron chi connectivity index (χ3n) is 7.10. The van der Waals surface area contributed by atoms with Crippen LogP contribution in [-0.2, 0) is 6.17 Å². The van der Waals surface area contributed by atoms with Gasteiger partial charge in [-0.1, -0.05) is 152 Å². The number of hydrogen-bond donors (Lipinski definition) is 0. The summed E-state index contributed by atoms with van der Waals surface area (Å²) in [7, 11) is 3.91. The van der Waals surface area contributed by atoms with Crippen LogP contribution in [-0.4, -0.2) is 25.5 Å². The zero-order valence-corrected chi connectivity index (χ0v) is 22.9. The van der Waals surface area contributed by atoms with Crippen molar-refractivity contribution in [2.24, 2.45) is 0 Å². The lowest BCUT2D eigenvalue weighted by atomic mass is 9.76. The summed E-state index contributed by atoms with van der Waals surface area (Å²) in [6.07, 6.45) is 6.79. The van der Waals surface area contributed by atoms with E-state index in [4.69, 9.17) is 7.85 Å². The van der Waals surface area contributed by atoms with Crippen molar-refractivity contribution in [1.82, 2.24) is 9.55 Å². The highest BCUT2D eigenvalue weighted by Gasteiger charge is 2.39.